The summed E-state index contributed by atoms with van der Waals surface area (Å²) in [7, 11) is 0. The Balaban J connectivity index is 2.31. The van der Waals surface area contributed by atoms with E-state index in [0.29, 0.717) is 16.6 Å². The Bertz CT molecular complexity index is 343. The predicted octanol–water partition coefficient (Wildman–Crippen LogP) is 2.65. The number of hydrogen-bond acceptors (Lipinski definition) is 1. The summed E-state index contributed by atoms with van der Waals surface area (Å²) in [5, 5.41) is 0. The van der Waals surface area contributed by atoms with Gasteiger partial charge in [0.1, 0.15) is 5.78 Å². The molecular weight excluding hydrogens is 160 g/mol. The Morgan fingerprint density at radius 3 is 1.23 bits per heavy atom. The minimum Gasteiger partial charge on any atom is -0.298 e. The molecular formula is C12H18O. The van der Waals surface area contributed by atoms with Crippen LogP contribution >= 0.6 is 0 Å². The molecule has 4 fully saturated rings. The largest absolute Gasteiger partial charge is 0.298 e. The van der Waals surface area contributed by atoms with Crippen LogP contribution in [-0.4, -0.2) is 5.78 Å². The Morgan fingerprint density at radius 1 is 0.769 bits per heavy atom. The molecule has 0 radical (unpaired) electrons. The first kappa shape index (κ1) is 8.02. The molecule has 4 rings (SSSR count). The van der Waals surface area contributed by atoms with Crippen LogP contribution in [0.3, 0.4) is 0 Å². The number of Topliss-reactive ketones (excluding diaryl/α,β-unsaturated/α-hetero) is 1. The summed E-state index contributed by atoms with van der Waals surface area (Å²) in [5.41, 5.74) is 0.823. The second-order valence-corrected chi connectivity index (χ2v) is 6.45. The van der Waals surface area contributed by atoms with Crippen LogP contribution in [0.25, 0.3) is 0 Å². The van der Waals surface area contributed by atoms with Crippen LogP contribution in [0.5, 0.6) is 0 Å². The zero-order chi connectivity index (χ0) is 10.1. The van der Waals surface area contributed by atoms with Crippen LogP contribution in [0.15, 0.2) is 0 Å². The molecule has 0 heterocycles. The molecule has 0 aromatic rings. The van der Waals surface area contributed by atoms with Gasteiger partial charge in [-0.1, -0.05) is 41.5 Å². The van der Waals surface area contributed by atoms with Gasteiger partial charge in [0.15, 0.2) is 0 Å². The van der Waals surface area contributed by atoms with Crippen molar-refractivity contribution in [1.29, 1.82) is 0 Å². The molecule has 0 aromatic carbocycles. The van der Waals surface area contributed by atoms with E-state index in [-0.39, 0.29) is 16.2 Å². The van der Waals surface area contributed by atoms with Crippen molar-refractivity contribution in [3.63, 3.8) is 0 Å². The number of rotatable bonds is 0. The summed E-state index contributed by atoms with van der Waals surface area (Å²) in [6.45, 7) is 13.4. The van der Waals surface area contributed by atoms with Gasteiger partial charge in [-0.2, -0.15) is 0 Å². The highest BCUT2D eigenvalue weighted by molar-refractivity contribution is 6.06. The minimum atomic E-state index is -0.0920. The lowest BCUT2D eigenvalue weighted by molar-refractivity contribution is -0.128. The van der Waals surface area contributed by atoms with Crippen molar-refractivity contribution in [3.05, 3.63) is 0 Å². The van der Waals surface area contributed by atoms with Crippen molar-refractivity contribution in [2.45, 2.75) is 41.5 Å². The Kier molecular flexibility index (Phi) is 0.768. The Hall–Kier alpha value is -0.330. The molecule has 13 heavy (non-hydrogen) atoms. The Morgan fingerprint density at radius 2 is 1.15 bits per heavy atom. The van der Waals surface area contributed by atoms with Gasteiger partial charge in [0.25, 0.3) is 0 Å². The fraction of sp³-hybridized carbons (Fsp3) is 0.917. The number of ketones is 1. The second kappa shape index (κ2) is 1.24. The second-order valence-electron chi connectivity index (χ2n) is 6.45. The zero-order valence-corrected chi connectivity index (χ0v) is 9.41. The summed E-state index contributed by atoms with van der Waals surface area (Å²) in [5.74, 6) is 0.507. The van der Waals surface area contributed by atoms with Crippen molar-refractivity contribution in [2.75, 3.05) is 0 Å². The Labute approximate surface area is 79.9 Å². The molecule has 2 unspecified atom stereocenters. The van der Waals surface area contributed by atoms with E-state index in [9.17, 15) is 4.79 Å². The highest BCUT2D eigenvalue weighted by atomic mass is 16.1. The first-order valence-corrected chi connectivity index (χ1v) is 5.20. The van der Waals surface area contributed by atoms with Crippen molar-refractivity contribution in [1.82, 2.24) is 0 Å². The first-order chi connectivity index (χ1) is 5.65. The van der Waals surface area contributed by atoms with E-state index in [2.05, 4.69) is 41.5 Å². The third-order valence-electron chi connectivity index (χ3n) is 7.15. The maximum atomic E-state index is 12.2. The average molecular weight is 178 g/mol. The van der Waals surface area contributed by atoms with Gasteiger partial charge in [0.05, 0.1) is 0 Å². The molecule has 0 saturated heterocycles. The molecule has 0 amide bonds. The van der Waals surface area contributed by atoms with Gasteiger partial charge >= 0.3 is 0 Å². The minimum absolute atomic E-state index is 0.0122. The van der Waals surface area contributed by atoms with Gasteiger partial charge < -0.3 is 0 Å². The number of hydrogen-bond donors (Lipinski definition) is 0. The van der Waals surface area contributed by atoms with Crippen molar-refractivity contribution in [3.8, 4) is 0 Å². The van der Waals surface area contributed by atoms with E-state index in [0.717, 1.165) is 0 Å². The molecule has 0 spiro atoms. The highest BCUT2D eigenvalue weighted by Gasteiger charge is 3.14. The van der Waals surface area contributed by atoms with Gasteiger partial charge in [-0.15, -0.1) is 0 Å². The summed E-state index contributed by atoms with van der Waals surface area (Å²) in [4.78, 5) is 12.2. The topological polar surface area (TPSA) is 17.1 Å². The molecule has 4 aliphatic rings. The lowest BCUT2D eigenvalue weighted by Crippen LogP contribution is -2.27. The van der Waals surface area contributed by atoms with Crippen LogP contribution in [0, 0.1) is 27.1 Å². The molecule has 72 valence electrons. The standard InChI is InChI=1S/C12H18O/c1-8(2)7(13)9(3)11(5)10(8,4)12(9,11)6/h1-6H3. The van der Waals surface area contributed by atoms with E-state index in [1.807, 2.05) is 0 Å². The molecule has 4 aliphatic carbocycles. The van der Waals surface area contributed by atoms with Gasteiger partial charge in [0, 0.05) is 10.8 Å². The number of carbonyl (C=O) groups excluding carboxylic acids is 1. The lowest BCUT2D eigenvalue weighted by Gasteiger charge is -2.29. The van der Waals surface area contributed by atoms with Crippen LogP contribution in [0.2, 0.25) is 0 Å². The zero-order valence-electron chi connectivity index (χ0n) is 9.41. The molecule has 4 saturated carbocycles. The van der Waals surface area contributed by atoms with Crippen LogP contribution in [-0.2, 0) is 4.79 Å². The van der Waals surface area contributed by atoms with E-state index in [4.69, 9.17) is 0 Å². The summed E-state index contributed by atoms with van der Waals surface area (Å²) < 4.78 is 0. The first-order valence-electron chi connectivity index (χ1n) is 5.20. The maximum Gasteiger partial charge on any atom is 0.146 e. The molecule has 0 N–H and O–H groups in total. The number of carbonyl (C=O) groups is 1. The fourth-order valence-electron chi connectivity index (χ4n) is 5.74. The lowest BCUT2D eigenvalue weighted by atomic mass is 9.72. The van der Waals surface area contributed by atoms with Gasteiger partial charge in [-0.05, 0) is 16.2 Å². The highest BCUT2D eigenvalue weighted by Crippen LogP contribution is 3.13. The quantitative estimate of drug-likeness (QED) is 0.557. The third-order valence-corrected chi connectivity index (χ3v) is 7.15. The van der Waals surface area contributed by atoms with Gasteiger partial charge in [-0.25, -0.2) is 0 Å². The van der Waals surface area contributed by atoms with E-state index in [1.165, 1.54) is 0 Å². The van der Waals surface area contributed by atoms with E-state index < -0.39 is 0 Å². The van der Waals surface area contributed by atoms with E-state index in [1.54, 1.807) is 0 Å². The third kappa shape index (κ3) is 0.287. The molecule has 1 nitrogen and oxygen atoms in total. The van der Waals surface area contributed by atoms with Crippen LogP contribution in [0.1, 0.15) is 41.5 Å². The summed E-state index contributed by atoms with van der Waals surface area (Å²) in [6.07, 6.45) is 0. The van der Waals surface area contributed by atoms with Crippen LogP contribution in [0.4, 0.5) is 0 Å². The molecule has 0 aliphatic heterocycles. The molecule has 1 heteroatoms. The summed E-state index contributed by atoms with van der Waals surface area (Å²) >= 11 is 0. The van der Waals surface area contributed by atoms with Gasteiger partial charge in [0.2, 0.25) is 0 Å². The molecule has 2 bridgehead atoms. The average Bonchev–Trinajstić information content (AvgIpc) is 2.62. The van der Waals surface area contributed by atoms with Crippen molar-refractivity contribution >= 4 is 5.78 Å². The van der Waals surface area contributed by atoms with Gasteiger partial charge in [-0.3, -0.25) is 4.79 Å². The smallest absolute Gasteiger partial charge is 0.146 e. The maximum absolute atomic E-state index is 12.2. The molecule has 0 aromatic heterocycles. The predicted molar refractivity (Wildman–Crippen MR) is 51.2 cm³/mol. The van der Waals surface area contributed by atoms with E-state index >= 15 is 0 Å². The van der Waals surface area contributed by atoms with Crippen molar-refractivity contribution in [2.24, 2.45) is 27.1 Å². The van der Waals surface area contributed by atoms with Crippen LogP contribution < -0.4 is 0 Å². The normalized spacial score (nSPS) is 70.8. The number of fused-ring (bicyclic) bond motifs is 1. The molecule has 2 atom stereocenters. The summed E-state index contributed by atoms with van der Waals surface area (Å²) in [6, 6.07) is 0. The monoisotopic (exact) mass is 178 g/mol. The fourth-order valence-corrected chi connectivity index (χ4v) is 5.74. The van der Waals surface area contributed by atoms with Crippen molar-refractivity contribution < 1.29 is 4.79 Å². The SMILES string of the molecule is CC1(C)C(=O)C2(C)C3(C)C1(C)C23C.